The van der Waals surface area contributed by atoms with Crippen LogP contribution in [0.1, 0.15) is 24.1 Å². The first-order chi connectivity index (χ1) is 13.9. The summed E-state index contributed by atoms with van der Waals surface area (Å²) in [4.78, 5) is 12.8. The van der Waals surface area contributed by atoms with Crippen LogP contribution in [-0.2, 0) is 11.3 Å². The minimum atomic E-state index is -0.281. The van der Waals surface area contributed by atoms with E-state index in [-0.39, 0.29) is 18.5 Å². The van der Waals surface area contributed by atoms with Crippen molar-refractivity contribution in [3.63, 3.8) is 0 Å². The number of carbonyl (C=O) groups excluding carboxylic acids is 1. The number of benzene rings is 2. The summed E-state index contributed by atoms with van der Waals surface area (Å²) in [5.74, 6) is 1.81. The van der Waals surface area contributed by atoms with Gasteiger partial charge in [0.15, 0.2) is 10.6 Å². The number of hydrogen-bond acceptors (Lipinski definition) is 5. The lowest BCUT2D eigenvalue weighted by molar-refractivity contribution is -0.122. The van der Waals surface area contributed by atoms with Crippen LogP contribution in [0, 0.1) is 11.7 Å². The van der Waals surface area contributed by atoms with Crippen molar-refractivity contribution in [1.82, 2.24) is 20.1 Å². The molecule has 29 heavy (non-hydrogen) atoms. The summed E-state index contributed by atoms with van der Waals surface area (Å²) in [7, 11) is 3.20. The second kappa shape index (κ2) is 8.91. The lowest BCUT2D eigenvalue weighted by Gasteiger charge is -2.18. The van der Waals surface area contributed by atoms with E-state index < -0.39 is 0 Å². The number of nitrogens with one attached hydrogen (secondary N) is 2. The normalized spacial score (nSPS) is 11.7. The Morgan fingerprint density at radius 2 is 2.03 bits per heavy atom. The van der Waals surface area contributed by atoms with Crippen LogP contribution >= 0.6 is 12.2 Å². The minimum absolute atomic E-state index is 0.0508. The molecular formula is C21H24N4O3S. The van der Waals surface area contributed by atoms with Gasteiger partial charge >= 0.3 is 0 Å². The molecule has 0 fully saturated rings. The largest absolute Gasteiger partial charge is 0.497 e. The number of nitrogens with zero attached hydrogens (tertiary/aromatic N) is 2. The number of hydrogen-bond donors (Lipinski definition) is 2. The van der Waals surface area contributed by atoms with Gasteiger partial charge in [-0.3, -0.25) is 14.5 Å². The summed E-state index contributed by atoms with van der Waals surface area (Å²) in [6.45, 7) is 3.95. The standard InChI is InChI=1S/C21H24N4O3S/c1-13-6-5-7-15(10-13)20-23-24-21(29)25(20)12-19(26)22-14(2)17-11-16(27-3)8-9-18(17)28-4/h5-11,14H,12H2,1-4H3,(H,22,26)(H,24,29). The molecule has 7 nitrogen and oxygen atoms in total. The van der Waals surface area contributed by atoms with E-state index >= 15 is 0 Å². The molecule has 1 unspecified atom stereocenters. The van der Waals surface area contributed by atoms with E-state index in [1.165, 1.54) is 0 Å². The number of rotatable bonds is 7. The first-order valence-corrected chi connectivity index (χ1v) is 9.57. The SMILES string of the molecule is COc1ccc(OC)c(C(C)NC(=O)Cn2c(-c3cccc(C)c3)n[nH]c2=S)c1. The van der Waals surface area contributed by atoms with Gasteiger partial charge in [0, 0.05) is 11.1 Å². The predicted octanol–water partition coefficient (Wildman–Crippen LogP) is 3.81. The minimum Gasteiger partial charge on any atom is -0.497 e. The molecule has 1 amide bonds. The van der Waals surface area contributed by atoms with Crippen LogP contribution in [0.2, 0.25) is 0 Å². The highest BCUT2D eigenvalue weighted by molar-refractivity contribution is 7.71. The van der Waals surface area contributed by atoms with Crippen LogP contribution in [0.25, 0.3) is 11.4 Å². The molecule has 0 bridgehead atoms. The summed E-state index contributed by atoms with van der Waals surface area (Å²) in [6.07, 6.45) is 0. The average Bonchev–Trinajstić information content (AvgIpc) is 3.07. The molecule has 0 radical (unpaired) electrons. The maximum absolute atomic E-state index is 12.8. The molecule has 8 heteroatoms. The number of H-pyrrole nitrogens is 1. The van der Waals surface area contributed by atoms with Crippen LogP contribution in [0.3, 0.4) is 0 Å². The molecular weight excluding hydrogens is 388 g/mol. The lowest BCUT2D eigenvalue weighted by Crippen LogP contribution is -2.30. The fourth-order valence-corrected chi connectivity index (χ4v) is 3.35. The van der Waals surface area contributed by atoms with E-state index in [0.29, 0.717) is 22.1 Å². The first kappa shape index (κ1) is 20.6. The van der Waals surface area contributed by atoms with Crippen LogP contribution in [0.4, 0.5) is 0 Å². The van der Waals surface area contributed by atoms with Crippen molar-refractivity contribution >= 4 is 18.1 Å². The molecule has 0 saturated carbocycles. The van der Waals surface area contributed by atoms with Gasteiger partial charge < -0.3 is 14.8 Å². The third kappa shape index (κ3) is 4.65. The van der Waals surface area contributed by atoms with Gasteiger partial charge in [-0.05, 0) is 50.3 Å². The molecule has 0 aliphatic rings. The zero-order chi connectivity index (χ0) is 21.0. The molecule has 0 aliphatic heterocycles. The Hall–Kier alpha value is -3.13. The van der Waals surface area contributed by atoms with E-state index in [2.05, 4.69) is 15.5 Å². The van der Waals surface area contributed by atoms with E-state index in [1.54, 1.807) is 18.8 Å². The zero-order valence-corrected chi connectivity index (χ0v) is 17.7. The average molecular weight is 413 g/mol. The lowest BCUT2D eigenvalue weighted by atomic mass is 10.1. The molecule has 0 aliphatic carbocycles. The van der Waals surface area contributed by atoms with Gasteiger partial charge in [0.25, 0.3) is 0 Å². The number of methoxy groups -OCH3 is 2. The Morgan fingerprint density at radius 1 is 1.24 bits per heavy atom. The van der Waals surface area contributed by atoms with Crippen molar-refractivity contribution in [3.8, 4) is 22.9 Å². The number of carbonyl (C=O) groups is 1. The summed E-state index contributed by atoms with van der Waals surface area (Å²) in [5, 5.41) is 10.1. The summed E-state index contributed by atoms with van der Waals surface area (Å²) in [5.41, 5.74) is 2.83. The molecule has 3 aromatic rings. The van der Waals surface area contributed by atoms with Crippen molar-refractivity contribution in [3.05, 3.63) is 58.4 Å². The van der Waals surface area contributed by atoms with E-state index in [9.17, 15) is 4.79 Å². The van der Waals surface area contributed by atoms with Crippen LogP contribution in [0.15, 0.2) is 42.5 Å². The van der Waals surface area contributed by atoms with Crippen molar-refractivity contribution in [1.29, 1.82) is 0 Å². The topological polar surface area (TPSA) is 81.2 Å². The maximum Gasteiger partial charge on any atom is 0.240 e. The van der Waals surface area contributed by atoms with Crippen LogP contribution < -0.4 is 14.8 Å². The molecule has 152 valence electrons. The molecule has 1 aromatic heterocycles. The molecule has 2 N–H and O–H groups in total. The fourth-order valence-electron chi connectivity index (χ4n) is 3.16. The Bertz CT molecular complexity index is 1070. The zero-order valence-electron chi connectivity index (χ0n) is 16.9. The van der Waals surface area contributed by atoms with Gasteiger partial charge in [-0.15, -0.1) is 0 Å². The third-order valence-electron chi connectivity index (χ3n) is 4.62. The number of aryl methyl sites for hydroxylation is 1. The van der Waals surface area contributed by atoms with Gasteiger partial charge in [0.2, 0.25) is 5.91 Å². The summed E-state index contributed by atoms with van der Waals surface area (Å²) >= 11 is 5.33. The molecule has 2 aromatic carbocycles. The molecule has 0 saturated heterocycles. The van der Waals surface area contributed by atoms with Crippen molar-refractivity contribution in [2.24, 2.45) is 0 Å². The highest BCUT2D eigenvalue weighted by atomic mass is 32.1. The summed E-state index contributed by atoms with van der Waals surface area (Å²) in [6, 6.07) is 13.1. The Labute approximate surface area is 174 Å². The highest BCUT2D eigenvalue weighted by Crippen LogP contribution is 2.29. The Morgan fingerprint density at radius 3 is 2.72 bits per heavy atom. The van der Waals surface area contributed by atoms with Crippen LogP contribution in [0.5, 0.6) is 11.5 Å². The van der Waals surface area contributed by atoms with Gasteiger partial charge in [0.1, 0.15) is 18.0 Å². The van der Waals surface area contributed by atoms with Gasteiger partial charge in [-0.25, -0.2) is 0 Å². The monoisotopic (exact) mass is 412 g/mol. The van der Waals surface area contributed by atoms with E-state index in [4.69, 9.17) is 21.7 Å². The molecule has 3 rings (SSSR count). The van der Waals surface area contributed by atoms with Gasteiger partial charge in [0.05, 0.1) is 20.3 Å². The predicted molar refractivity (Wildman–Crippen MR) is 114 cm³/mol. The quantitative estimate of drug-likeness (QED) is 0.577. The Balaban J connectivity index is 1.80. The fraction of sp³-hybridized carbons (Fsp3) is 0.286. The number of aromatic amines is 1. The highest BCUT2D eigenvalue weighted by Gasteiger charge is 2.17. The van der Waals surface area contributed by atoms with E-state index in [0.717, 1.165) is 16.7 Å². The molecule has 0 spiro atoms. The van der Waals surface area contributed by atoms with Crippen molar-refractivity contribution in [2.45, 2.75) is 26.4 Å². The molecule has 1 heterocycles. The number of ether oxygens (including phenoxy) is 2. The number of aromatic nitrogens is 3. The van der Waals surface area contributed by atoms with Crippen molar-refractivity contribution < 1.29 is 14.3 Å². The molecule has 1 atom stereocenters. The van der Waals surface area contributed by atoms with Crippen LogP contribution in [-0.4, -0.2) is 34.9 Å². The van der Waals surface area contributed by atoms with Gasteiger partial charge in [-0.2, -0.15) is 5.10 Å². The third-order valence-corrected chi connectivity index (χ3v) is 4.93. The second-order valence-electron chi connectivity index (χ2n) is 6.71. The van der Waals surface area contributed by atoms with Gasteiger partial charge in [-0.1, -0.05) is 23.8 Å². The Kier molecular flexibility index (Phi) is 6.33. The number of amides is 1. The van der Waals surface area contributed by atoms with E-state index in [1.807, 2.05) is 56.3 Å². The first-order valence-electron chi connectivity index (χ1n) is 9.16. The smallest absolute Gasteiger partial charge is 0.240 e. The second-order valence-corrected chi connectivity index (χ2v) is 7.09. The summed E-state index contributed by atoms with van der Waals surface area (Å²) < 4.78 is 12.8. The van der Waals surface area contributed by atoms with Crippen molar-refractivity contribution in [2.75, 3.05) is 14.2 Å². The maximum atomic E-state index is 12.8.